The summed E-state index contributed by atoms with van der Waals surface area (Å²) < 4.78 is 0. The van der Waals surface area contributed by atoms with Crippen molar-refractivity contribution in [1.29, 1.82) is 0 Å². The van der Waals surface area contributed by atoms with Crippen LogP contribution in [0.15, 0.2) is 0 Å². The lowest BCUT2D eigenvalue weighted by molar-refractivity contribution is 0.0414. The van der Waals surface area contributed by atoms with Gasteiger partial charge in [0.1, 0.15) is 0 Å². The lowest BCUT2D eigenvalue weighted by Gasteiger charge is -2.21. The van der Waals surface area contributed by atoms with Crippen molar-refractivity contribution in [3.05, 3.63) is 0 Å². The first kappa shape index (κ1) is 17.2. The van der Waals surface area contributed by atoms with E-state index >= 15 is 0 Å². The molecule has 0 bridgehead atoms. The Bertz CT molecular complexity index is 107. The number of nitrogens with two attached hydrogens (primary N) is 1. The van der Waals surface area contributed by atoms with Crippen LogP contribution in [0.1, 0.15) is 26.7 Å². The van der Waals surface area contributed by atoms with Crippen LogP contribution in [-0.2, 0) is 0 Å². The fourth-order valence-electron chi connectivity index (χ4n) is 0.822. The van der Waals surface area contributed by atoms with Crippen LogP contribution in [0.4, 0.5) is 0 Å². The summed E-state index contributed by atoms with van der Waals surface area (Å²) in [4.78, 5) is 0. The van der Waals surface area contributed by atoms with Crippen LogP contribution >= 0.6 is 0 Å². The van der Waals surface area contributed by atoms with Gasteiger partial charge in [0.05, 0.1) is 18.8 Å². The molecule has 0 atom stereocenters. The molecule has 0 aromatic rings. The first-order valence-corrected chi connectivity index (χ1v) is 5.45. The van der Waals surface area contributed by atoms with Crippen molar-refractivity contribution >= 4 is 0 Å². The minimum absolute atomic E-state index is 0.139. The molecule has 0 amide bonds. The number of hydrogen-bond acceptors (Lipinski definition) is 5. The zero-order chi connectivity index (χ0) is 12.2. The van der Waals surface area contributed by atoms with Crippen LogP contribution in [0.25, 0.3) is 0 Å². The number of aliphatic hydroxyl groups is 3. The summed E-state index contributed by atoms with van der Waals surface area (Å²) in [6.07, 6.45) is 1.50. The minimum atomic E-state index is -0.597. The molecule has 6 N–H and O–H groups in total. The summed E-state index contributed by atoms with van der Waals surface area (Å²) in [5.74, 6) is 0. The van der Waals surface area contributed by atoms with Gasteiger partial charge in [-0.1, -0.05) is 13.8 Å². The third-order valence-corrected chi connectivity index (χ3v) is 2.27. The molecule has 0 heterocycles. The fraction of sp³-hybridized carbons (Fsp3) is 1.00. The summed E-state index contributed by atoms with van der Waals surface area (Å²) in [6.45, 7) is 5.67. The Morgan fingerprint density at radius 3 is 1.60 bits per heavy atom. The average Bonchev–Trinajstić information content (AvgIpc) is 2.30. The van der Waals surface area contributed by atoms with Gasteiger partial charge in [-0.2, -0.15) is 0 Å². The highest BCUT2D eigenvalue weighted by Crippen LogP contribution is 2.10. The molecular weight excluding hydrogens is 196 g/mol. The molecule has 0 aliphatic heterocycles. The Labute approximate surface area is 92.3 Å². The van der Waals surface area contributed by atoms with Crippen LogP contribution in [-0.4, -0.2) is 53.8 Å². The standard InChI is InChI=1S/C6H15NO.C4H11NO2/c1-3-6(8,4-2)5-7;6-3-1-5-2-4-7/h8H,3-5,7H2,1-2H3;5-7H,1-4H2. The van der Waals surface area contributed by atoms with E-state index < -0.39 is 5.60 Å². The lowest BCUT2D eigenvalue weighted by Crippen LogP contribution is -2.35. The Kier molecular flexibility index (Phi) is 13.6. The summed E-state index contributed by atoms with van der Waals surface area (Å²) in [5, 5.41) is 28.4. The molecule has 0 radical (unpaired) electrons. The first-order chi connectivity index (χ1) is 7.10. The van der Waals surface area contributed by atoms with Gasteiger partial charge in [-0.25, -0.2) is 0 Å². The molecule has 5 nitrogen and oxygen atoms in total. The van der Waals surface area contributed by atoms with Crippen molar-refractivity contribution in [3.63, 3.8) is 0 Å². The molecular formula is C10H26N2O3. The number of aliphatic hydroxyl groups excluding tert-OH is 2. The molecule has 0 aromatic carbocycles. The van der Waals surface area contributed by atoms with E-state index in [1.165, 1.54) is 0 Å². The zero-order valence-corrected chi connectivity index (χ0v) is 9.87. The molecule has 0 saturated heterocycles. The van der Waals surface area contributed by atoms with Gasteiger partial charge < -0.3 is 26.4 Å². The molecule has 0 aliphatic rings. The van der Waals surface area contributed by atoms with E-state index in [1.807, 2.05) is 13.8 Å². The molecule has 0 saturated carbocycles. The van der Waals surface area contributed by atoms with Gasteiger partial charge in [0.2, 0.25) is 0 Å². The van der Waals surface area contributed by atoms with Crippen molar-refractivity contribution in [2.45, 2.75) is 32.3 Å². The average molecular weight is 222 g/mol. The number of hydrogen-bond donors (Lipinski definition) is 5. The molecule has 0 unspecified atom stereocenters. The molecule has 0 fully saturated rings. The summed E-state index contributed by atoms with van der Waals surface area (Å²) >= 11 is 0. The molecule has 94 valence electrons. The second-order valence-electron chi connectivity index (χ2n) is 3.33. The Hall–Kier alpha value is -0.200. The second kappa shape index (κ2) is 11.9. The molecule has 0 aliphatic carbocycles. The van der Waals surface area contributed by atoms with Gasteiger partial charge in [0, 0.05) is 19.6 Å². The van der Waals surface area contributed by atoms with Crippen molar-refractivity contribution in [1.82, 2.24) is 5.32 Å². The van der Waals surface area contributed by atoms with Crippen molar-refractivity contribution in [2.24, 2.45) is 5.73 Å². The normalized spacial score (nSPS) is 10.8. The maximum Gasteiger partial charge on any atom is 0.0764 e. The SMILES string of the molecule is CCC(O)(CC)CN.OCCNCCO. The second-order valence-corrected chi connectivity index (χ2v) is 3.33. The van der Waals surface area contributed by atoms with Gasteiger partial charge in [-0.15, -0.1) is 0 Å². The van der Waals surface area contributed by atoms with Crippen LogP contribution < -0.4 is 11.1 Å². The topological polar surface area (TPSA) is 98.7 Å². The molecule has 5 heteroatoms. The number of nitrogens with one attached hydrogen (secondary N) is 1. The van der Waals surface area contributed by atoms with Crippen molar-refractivity contribution in [2.75, 3.05) is 32.8 Å². The van der Waals surface area contributed by atoms with Crippen LogP contribution in [0.5, 0.6) is 0 Å². The van der Waals surface area contributed by atoms with Crippen molar-refractivity contribution in [3.8, 4) is 0 Å². The van der Waals surface area contributed by atoms with E-state index in [4.69, 9.17) is 15.9 Å². The van der Waals surface area contributed by atoms with Crippen molar-refractivity contribution < 1.29 is 15.3 Å². The highest BCUT2D eigenvalue weighted by molar-refractivity contribution is 4.74. The molecule has 0 spiro atoms. The highest BCUT2D eigenvalue weighted by Gasteiger charge is 2.18. The molecule has 0 aromatic heterocycles. The lowest BCUT2D eigenvalue weighted by atomic mass is 9.98. The monoisotopic (exact) mass is 222 g/mol. The predicted molar refractivity (Wildman–Crippen MR) is 61.6 cm³/mol. The zero-order valence-electron chi connectivity index (χ0n) is 9.87. The molecule has 15 heavy (non-hydrogen) atoms. The van der Waals surface area contributed by atoms with E-state index in [2.05, 4.69) is 5.32 Å². The van der Waals surface area contributed by atoms with Gasteiger partial charge in [-0.05, 0) is 12.8 Å². The predicted octanol–water partition coefficient (Wildman–Crippen LogP) is -0.943. The van der Waals surface area contributed by atoms with Crippen LogP contribution in [0.2, 0.25) is 0 Å². The highest BCUT2D eigenvalue weighted by atomic mass is 16.3. The summed E-state index contributed by atoms with van der Waals surface area (Å²) in [5.41, 5.74) is 4.68. The Balaban J connectivity index is 0. The first-order valence-electron chi connectivity index (χ1n) is 5.45. The number of rotatable bonds is 7. The summed E-state index contributed by atoms with van der Waals surface area (Å²) in [7, 11) is 0. The maximum absolute atomic E-state index is 9.31. The Morgan fingerprint density at radius 2 is 1.47 bits per heavy atom. The third-order valence-electron chi connectivity index (χ3n) is 2.27. The van der Waals surface area contributed by atoms with E-state index in [1.54, 1.807) is 0 Å². The largest absolute Gasteiger partial charge is 0.395 e. The quantitative estimate of drug-likeness (QED) is 0.358. The summed E-state index contributed by atoms with van der Waals surface area (Å²) in [6, 6.07) is 0. The van der Waals surface area contributed by atoms with Crippen LogP contribution in [0, 0.1) is 0 Å². The van der Waals surface area contributed by atoms with Gasteiger partial charge in [0.25, 0.3) is 0 Å². The van der Waals surface area contributed by atoms with Crippen LogP contribution in [0.3, 0.4) is 0 Å². The van der Waals surface area contributed by atoms with Gasteiger partial charge in [0.15, 0.2) is 0 Å². The fourth-order valence-corrected chi connectivity index (χ4v) is 0.822. The maximum atomic E-state index is 9.31. The van der Waals surface area contributed by atoms with E-state index in [0.29, 0.717) is 19.6 Å². The van der Waals surface area contributed by atoms with E-state index in [0.717, 1.165) is 12.8 Å². The minimum Gasteiger partial charge on any atom is -0.395 e. The smallest absolute Gasteiger partial charge is 0.0764 e. The van der Waals surface area contributed by atoms with Gasteiger partial charge in [-0.3, -0.25) is 0 Å². The molecule has 0 rings (SSSR count). The Morgan fingerprint density at radius 1 is 1.07 bits per heavy atom. The van der Waals surface area contributed by atoms with E-state index in [-0.39, 0.29) is 13.2 Å². The van der Waals surface area contributed by atoms with E-state index in [9.17, 15) is 5.11 Å². The van der Waals surface area contributed by atoms with Gasteiger partial charge >= 0.3 is 0 Å². The third kappa shape index (κ3) is 11.7.